The average Bonchev–Trinajstić information content (AvgIpc) is 2.13. The van der Waals surface area contributed by atoms with Crippen molar-refractivity contribution in [3.8, 4) is 0 Å². The zero-order valence-electron chi connectivity index (χ0n) is 13.0. The molecule has 0 bridgehead atoms. The Balaban J connectivity index is 3.56. The molecule has 1 saturated carbocycles. The zero-order chi connectivity index (χ0) is 14.1. The van der Waals surface area contributed by atoms with Crippen LogP contribution in [0.2, 0.25) is 10.6 Å². The molecule has 0 N–H and O–H groups in total. The minimum atomic E-state index is -0.0847. The molecule has 4 unspecified atom stereocenters. The van der Waals surface area contributed by atoms with Crippen molar-refractivity contribution in [1.29, 1.82) is 0 Å². The van der Waals surface area contributed by atoms with Gasteiger partial charge in [-0.1, -0.05) is 46.9 Å². The Kier molecular flexibility index (Phi) is 3.44. The number of hydrogen-bond donors (Lipinski definition) is 2. The summed E-state index contributed by atoms with van der Waals surface area (Å²) in [7, 11) is 4.73. The molecule has 0 aromatic rings. The molecule has 0 aliphatic heterocycles. The van der Waals surface area contributed by atoms with Gasteiger partial charge in [-0.2, -0.15) is 25.3 Å². The highest BCUT2D eigenvalue weighted by Crippen LogP contribution is 2.76. The van der Waals surface area contributed by atoms with Crippen LogP contribution >= 0.6 is 25.3 Å². The summed E-state index contributed by atoms with van der Waals surface area (Å²) >= 11 is 9.97. The second-order valence-electron chi connectivity index (χ2n) is 8.15. The van der Waals surface area contributed by atoms with Gasteiger partial charge >= 0.3 is 0 Å². The maximum Gasteiger partial charge on any atom is 0.110 e. The molecule has 0 spiro atoms. The lowest BCUT2D eigenvalue weighted by molar-refractivity contribution is -0.0331. The van der Waals surface area contributed by atoms with E-state index in [2.05, 4.69) is 64.2 Å². The van der Waals surface area contributed by atoms with Crippen molar-refractivity contribution in [3.63, 3.8) is 0 Å². The molecular formula is C13H28B2S2. The van der Waals surface area contributed by atoms with Gasteiger partial charge in [-0.3, -0.25) is 0 Å². The summed E-state index contributed by atoms with van der Waals surface area (Å²) in [6.45, 7) is 16.5. The van der Waals surface area contributed by atoms with Gasteiger partial charge in [-0.05, 0) is 23.1 Å². The normalized spacial score (nSPS) is 53.4. The van der Waals surface area contributed by atoms with Gasteiger partial charge in [-0.15, -0.1) is 0 Å². The molecule has 17 heavy (non-hydrogen) atoms. The van der Waals surface area contributed by atoms with E-state index in [9.17, 15) is 0 Å². The maximum absolute atomic E-state index is 5.02. The first-order valence-corrected chi connectivity index (χ1v) is 7.52. The second-order valence-corrected chi connectivity index (χ2v) is 9.59. The van der Waals surface area contributed by atoms with E-state index in [1.54, 1.807) is 0 Å². The highest BCUT2D eigenvalue weighted by molar-refractivity contribution is 7.86. The Morgan fingerprint density at radius 2 is 1.18 bits per heavy atom. The van der Waals surface area contributed by atoms with E-state index < -0.39 is 0 Å². The molecule has 0 radical (unpaired) electrons. The van der Waals surface area contributed by atoms with Crippen LogP contribution in [0, 0.1) is 10.8 Å². The van der Waals surface area contributed by atoms with E-state index >= 15 is 0 Å². The molecule has 1 fully saturated rings. The van der Waals surface area contributed by atoms with Crippen molar-refractivity contribution in [2.75, 3.05) is 0 Å². The highest BCUT2D eigenvalue weighted by Gasteiger charge is 2.68. The predicted octanol–water partition coefficient (Wildman–Crippen LogP) is 2.66. The van der Waals surface area contributed by atoms with Gasteiger partial charge in [0.25, 0.3) is 0 Å². The summed E-state index contributed by atoms with van der Waals surface area (Å²) in [6.07, 6.45) is 0. The number of rotatable bonds is 0. The van der Waals surface area contributed by atoms with Crippen molar-refractivity contribution in [2.45, 2.75) is 69.1 Å². The van der Waals surface area contributed by atoms with Crippen LogP contribution in [0.1, 0.15) is 48.5 Å². The van der Waals surface area contributed by atoms with Crippen molar-refractivity contribution >= 4 is 41.0 Å². The molecule has 0 aromatic carbocycles. The fourth-order valence-electron chi connectivity index (χ4n) is 3.61. The lowest BCUT2D eigenvalue weighted by atomic mass is 9.28. The molecule has 0 aromatic heterocycles. The summed E-state index contributed by atoms with van der Waals surface area (Å²) in [6, 6.07) is 0. The molecule has 1 rings (SSSR count). The van der Waals surface area contributed by atoms with Crippen LogP contribution in [-0.4, -0.2) is 25.7 Å². The molecule has 98 valence electrons. The van der Waals surface area contributed by atoms with Gasteiger partial charge in [0.2, 0.25) is 0 Å². The average molecular weight is 270 g/mol. The van der Waals surface area contributed by atoms with Gasteiger partial charge in [-0.25, -0.2) is 0 Å². The van der Waals surface area contributed by atoms with E-state index in [0.717, 1.165) is 0 Å². The van der Waals surface area contributed by atoms with E-state index in [1.807, 2.05) is 0 Å². The SMILES string of the molecule is BC1(C)C(S)C(C)(S)C(C)(C)C(C)(C)C1(B)C. The van der Waals surface area contributed by atoms with Gasteiger partial charge in [0.15, 0.2) is 0 Å². The van der Waals surface area contributed by atoms with Crippen molar-refractivity contribution in [2.24, 2.45) is 10.8 Å². The number of thiol groups is 2. The summed E-state index contributed by atoms with van der Waals surface area (Å²) in [5.74, 6) is 0. The largest absolute Gasteiger partial charge is 0.175 e. The Morgan fingerprint density at radius 1 is 0.824 bits per heavy atom. The summed E-state index contributed by atoms with van der Waals surface area (Å²) in [4.78, 5) is 0. The van der Waals surface area contributed by atoms with Crippen LogP contribution in [-0.2, 0) is 0 Å². The molecule has 0 nitrogen and oxygen atoms in total. The van der Waals surface area contributed by atoms with E-state index in [-0.39, 0.29) is 31.5 Å². The summed E-state index contributed by atoms with van der Waals surface area (Å²) in [5.41, 5.74) is 0.313. The molecule has 0 heterocycles. The minimum Gasteiger partial charge on any atom is -0.175 e. The zero-order valence-corrected chi connectivity index (χ0v) is 14.8. The van der Waals surface area contributed by atoms with Gasteiger partial charge < -0.3 is 0 Å². The maximum atomic E-state index is 5.02. The van der Waals surface area contributed by atoms with Gasteiger partial charge in [0.1, 0.15) is 15.7 Å². The lowest BCUT2D eigenvalue weighted by Gasteiger charge is -2.72. The fraction of sp³-hybridized carbons (Fsp3) is 1.00. The molecule has 4 heteroatoms. The molecule has 0 saturated heterocycles. The molecule has 0 amide bonds. The van der Waals surface area contributed by atoms with Crippen molar-refractivity contribution in [1.82, 2.24) is 0 Å². The Morgan fingerprint density at radius 3 is 1.53 bits per heavy atom. The second kappa shape index (κ2) is 3.68. The third-order valence-electron chi connectivity index (χ3n) is 7.22. The lowest BCUT2D eigenvalue weighted by Crippen LogP contribution is -2.67. The first-order valence-electron chi connectivity index (χ1n) is 6.56. The summed E-state index contributed by atoms with van der Waals surface area (Å²) in [5, 5.41) is 0.625. The minimum absolute atomic E-state index is 0.0847. The van der Waals surface area contributed by atoms with E-state index in [1.165, 1.54) is 0 Å². The highest BCUT2D eigenvalue weighted by atomic mass is 32.1. The Hall–Kier alpha value is 0.830. The molecule has 1 aliphatic carbocycles. The van der Waals surface area contributed by atoms with Gasteiger partial charge in [0, 0.05) is 10.00 Å². The van der Waals surface area contributed by atoms with Crippen LogP contribution < -0.4 is 0 Å². The van der Waals surface area contributed by atoms with Crippen LogP contribution in [0.25, 0.3) is 0 Å². The topological polar surface area (TPSA) is 0 Å². The van der Waals surface area contributed by atoms with Crippen LogP contribution in [0.15, 0.2) is 0 Å². The quantitative estimate of drug-likeness (QED) is 0.490. The Bertz CT molecular complexity index is 300. The standard InChI is InChI=1S/C13H28B2S2/c1-9(2)10(3,4)13(7,15)11(5,14)8(16)12(9,6)17/h8,16-17H,14-15H2,1-7H3. The first kappa shape index (κ1) is 15.9. The van der Waals surface area contributed by atoms with E-state index in [0.29, 0.717) is 0 Å². The van der Waals surface area contributed by atoms with Crippen LogP contribution in [0.3, 0.4) is 0 Å². The number of hydrogen-bond acceptors (Lipinski definition) is 2. The van der Waals surface area contributed by atoms with Crippen molar-refractivity contribution in [3.05, 3.63) is 0 Å². The predicted molar refractivity (Wildman–Crippen MR) is 91.5 cm³/mol. The van der Waals surface area contributed by atoms with Gasteiger partial charge in [0.05, 0.1) is 0 Å². The van der Waals surface area contributed by atoms with Crippen LogP contribution in [0.4, 0.5) is 0 Å². The third kappa shape index (κ3) is 1.55. The summed E-state index contributed by atoms with van der Waals surface area (Å²) < 4.78 is -0.0847. The van der Waals surface area contributed by atoms with E-state index in [4.69, 9.17) is 25.3 Å². The first-order chi connectivity index (χ1) is 7.15. The molecule has 1 aliphatic rings. The Labute approximate surface area is 121 Å². The molecular weight excluding hydrogens is 242 g/mol. The fourth-order valence-corrected chi connectivity index (χ4v) is 4.85. The van der Waals surface area contributed by atoms with Crippen LogP contribution in [0.5, 0.6) is 0 Å². The monoisotopic (exact) mass is 270 g/mol. The smallest absolute Gasteiger partial charge is 0.110 e. The molecule has 4 atom stereocenters. The third-order valence-corrected chi connectivity index (χ3v) is 9.40. The van der Waals surface area contributed by atoms with Crippen molar-refractivity contribution < 1.29 is 0 Å².